The van der Waals surface area contributed by atoms with Crippen LogP contribution in [-0.4, -0.2) is 25.4 Å². The Hall–Kier alpha value is -3.65. The fraction of sp³-hybridized carbons (Fsp3) is 0.130. The molecule has 1 heterocycles. The fourth-order valence-corrected chi connectivity index (χ4v) is 3.66. The number of carbonyl (C=O) groups excluding carboxylic acids is 1. The van der Waals surface area contributed by atoms with Crippen LogP contribution >= 0.6 is 0 Å². The Morgan fingerprint density at radius 2 is 1.81 bits per heavy atom. The molecule has 1 aromatic heterocycles. The molecule has 0 atom stereocenters. The van der Waals surface area contributed by atoms with Crippen LogP contribution in [0.3, 0.4) is 0 Å². The zero-order chi connectivity index (χ0) is 22.3. The van der Waals surface area contributed by atoms with Crippen LogP contribution in [0.1, 0.15) is 19.4 Å². The van der Waals surface area contributed by atoms with E-state index in [1.54, 1.807) is 24.3 Å². The van der Waals surface area contributed by atoms with E-state index in [-0.39, 0.29) is 22.7 Å². The Morgan fingerprint density at radius 3 is 2.48 bits per heavy atom. The number of nitrogens with zero attached hydrogens (tertiary/aromatic N) is 1. The summed E-state index contributed by atoms with van der Waals surface area (Å²) >= 11 is 0. The molecule has 8 heteroatoms. The summed E-state index contributed by atoms with van der Waals surface area (Å²) in [5.74, 6) is 0.624. The van der Waals surface area contributed by atoms with Crippen molar-refractivity contribution in [2.75, 3.05) is 10.0 Å². The molecule has 3 aromatic rings. The van der Waals surface area contributed by atoms with Gasteiger partial charge in [-0.05, 0) is 74.0 Å². The number of ether oxygens (including phenoxy) is 1. The molecule has 0 unspecified atom stereocenters. The first kappa shape index (κ1) is 22.0. The summed E-state index contributed by atoms with van der Waals surface area (Å²) in [6.45, 7) is 3.89. The minimum Gasteiger partial charge on any atom is -0.491 e. The van der Waals surface area contributed by atoms with Crippen molar-refractivity contribution in [1.82, 2.24) is 4.98 Å². The lowest BCUT2D eigenvalue weighted by Gasteiger charge is -2.09. The van der Waals surface area contributed by atoms with Crippen LogP contribution in [0.4, 0.5) is 11.5 Å². The van der Waals surface area contributed by atoms with Gasteiger partial charge in [0.25, 0.3) is 10.0 Å². The minimum atomic E-state index is -3.77. The van der Waals surface area contributed by atoms with Crippen LogP contribution in [0.5, 0.6) is 5.75 Å². The van der Waals surface area contributed by atoms with Crippen molar-refractivity contribution in [3.8, 4) is 5.75 Å². The number of pyridine rings is 1. The van der Waals surface area contributed by atoms with Gasteiger partial charge in [-0.1, -0.05) is 18.2 Å². The van der Waals surface area contributed by atoms with Crippen molar-refractivity contribution in [1.29, 1.82) is 0 Å². The highest BCUT2D eigenvalue weighted by Crippen LogP contribution is 2.18. The smallest absolute Gasteiger partial charge is 0.263 e. The number of nitrogens with one attached hydrogen (secondary N) is 2. The number of aromatic nitrogens is 1. The maximum absolute atomic E-state index is 12.4. The topological polar surface area (TPSA) is 97.4 Å². The number of sulfonamides is 1. The van der Waals surface area contributed by atoms with E-state index in [4.69, 9.17) is 4.74 Å². The molecule has 2 aromatic carbocycles. The monoisotopic (exact) mass is 437 g/mol. The average molecular weight is 438 g/mol. The first-order valence-electron chi connectivity index (χ1n) is 9.61. The summed E-state index contributed by atoms with van der Waals surface area (Å²) in [7, 11) is -3.77. The second kappa shape index (κ2) is 9.90. The van der Waals surface area contributed by atoms with Gasteiger partial charge in [0.05, 0.1) is 11.0 Å². The van der Waals surface area contributed by atoms with Crippen molar-refractivity contribution >= 4 is 33.5 Å². The van der Waals surface area contributed by atoms with Crippen LogP contribution in [-0.2, 0) is 14.8 Å². The molecule has 2 N–H and O–H groups in total. The molecule has 0 bridgehead atoms. The molecule has 0 saturated heterocycles. The second-order valence-corrected chi connectivity index (χ2v) is 8.59. The fourth-order valence-electron chi connectivity index (χ4n) is 2.66. The first-order chi connectivity index (χ1) is 14.8. The number of hydrogen-bond acceptors (Lipinski definition) is 5. The molecule has 0 saturated carbocycles. The Labute approximate surface area is 181 Å². The standard InChI is InChI=1S/C23H23N3O4S/c1-17(2)30-20-7-5-6-18(16-20)9-14-23(27)25-19-10-12-21(13-11-19)31(28,29)26-22-8-3-4-15-24-22/h3-17H,1-2H3,(H,24,26)(H,25,27)/b14-9+. The summed E-state index contributed by atoms with van der Waals surface area (Å²) in [6, 6.07) is 18.2. The third-order valence-electron chi connectivity index (χ3n) is 3.99. The summed E-state index contributed by atoms with van der Waals surface area (Å²) in [6.07, 6.45) is 4.64. The molecule has 160 valence electrons. The second-order valence-electron chi connectivity index (χ2n) is 6.91. The van der Waals surface area contributed by atoms with Crippen LogP contribution in [0.2, 0.25) is 0 Å². The molecule has 31 heavy (non-hydrogen) atoms. The molecule has 7 nitrogen and oxygen atoms in total. The predicted octanol–water partition coefficient (Wildman–Crippen LogP) is 4.32. The van der Waals surface area contributed by atoms with Gasteiger partial charge in [0.1, 0.15) is 11.6 Å². The van der Waals surface area contributed by atoms with E-state index in [9.17, 15) is 13.2 Å². The van der Waals surface area contributed by atoms with E-state index >= 15 is 0 Å². The molecular formula is C23H23N3O4S. The highest BCUT2D eigenvalue weighted by molar-refractivity contribution is 7.92. The van der Waals surface area contributed by atoms with Crippen LogP contribution < -0.4 is 14.8 Å². The Morgan fingerprint density at radius 1 is 1.03 bits per heavy atom. The first-order valence-corrected chi connectivity index (χ1v) is 11.1. The Balaban J connectivity index is 1.62. The van der Waals surface area contributed by atoms with Gasteiger partial charge in [0.15, 0.2) is 0 Å². The molecular weight excluding hydrogens is 414 g/mol. The van der Waals surface area contributed by atoms with Gasteiger partial charge in [-0.25, -0.2) is 13.4 Å². The Bertz CT molecular complexity index is 1160. The van der Waals surface area contributed by atoms with Crippen molar-refractivity contribution in [3.63, 3.8) is 0 Å². The third-order valence-corrected chi connectivity index (χ3v) is 5.36. The molecule has 0 aliphatic heterocycles. The summed E-state index contributed by atoms with van der Waals surface area (Å²) in [4.78, 5) is 16.2. The SMILES string of the molecule is CC(C)Oc1cccc(/C=C/C(=O)Nc2ccc(S(=O)(=O)Nc3ccccn3)cc2)c1. The molecule has 0 fully saturated rings. The zero-order valence-corrected chi connectivity index (χ0v) is 18.0. The molecule has 3 rings (SSSR count). The van der Waals surface area contributed by atoms with Crippen molar-refractivity contribution in [2.45, 2.75) is 24.8 Å². The lowest BCUT2D eigenvalue weighted by molar-refractivity contribution is -0.111. The molecule has 0 aliphatic carbocycles. The van der Waals surface area contributed by atoms with Crippen LogP contribution in [0.25, 0.3) is 6.08 Å². The maximum Gasteiger partial charge on any atom is 0.263 e. The summed E-state index contributed by atoms with van der Waals surface area (Å²) < 4.78 is 32.9. The van der Waals surface area contributed by atoms with Crippen LogP contribution in [0, 0.1) is 0 Å². The van der Waals surface area contributed by atoms with Gasteiger partial charge in [-0.2, -0.15) is 0 Å². The molecule has 0 spiro atoms. The number of hydrogen-bond donors (Lipinski definition) is 2. The van der Waals surface area contributed by atoms with Crippen molar-refractivity contribution in [2.24, 2.45) is 0 Å². The van der Waals surface area contributed by atoms with Crippen molar-refractivity contribution in [3.05, 3.63) is 84.6 Å². The lowest BCUT2D eigenvalue weighted by Crippen LogP contribution is -2.14. The van der Waals surface area contributed by atoms with E-state index in [2.05, 4.69) is 15.0 Å². The predicted molar refractivity (Wildman–Crippen MR) is 121 cm³/mol. The summed E-state index contributed by atoms with van der Waals surface area (Å²) in [5, 5.41) is 2.70. The molecule has 1 amide bonds. The minimum absolute atomic E-state index is 0.0634. The quantitative estimate of drug-likeness (QED) is 0.512. The van der Waals surface area contributed by atoms with Gasteiger partial charge in [-0.3, -0.25) is 9.52 Å². The van der Waals surface area contributed by atoms with E-state index in [0.717, 1.165) is 11.3 Å². The van der Waals surface area contributed by atoms with Crippen molar-refractivity contribution < 1.29 is 17.9 Å². The van der Waals surface area contributed by atoms with E-state index in [1.165, 1.54) is 36.5 Å². The average Bonchev–Trinajstić information content (AvgIpc) is 2.73. The maximum atomic E-state index is 12.4. The van der Waals surface area contributed by atoms with Gasteiger partial charge in [0.2, 0.25) is 5.91 Å². The van der Waals surface area contributed by atoms with Gasteiger partial charge in [-0.15, -0.1) is 0 Å². The molecule has 0 radical (unpaired) electrons. The number of rotatable bonds is 8. The van der Waals surface area contributed by atoms with Crippen LogP contribution in [0.15, 0.2) is 83.9 Å². The van der Waals surface area contributed by atoms with E-state index in [1.807, 2.05) is 38.1 Å². The van der Waals surface area contributed by atoms with E-state index < -0.39 is 10.0 Å². The third kappa shape index (κ3) is 6.68. The Kier molecular flexibility index (Phi) is 7.04. The van der Waals surface area contributed by atoms with Gasteiger partial charge in [0, 0.05) is 18.0 Å². The highest BCUT2D eigenvalue weighted by Gasteiger charge is 2.14. The largest absolute Gasteiger partial charge is 0.491 e. The molecule has 0 aliphatic rings. The van der Waals surface area contributed by atoms with Gasteiger partial charge >= 0.3 is 0 Å². The number of anilines is 2. The number of benzene rings is 2. The summed E-state index contributed by atoms with van der Waals surface area (Å²) in [5.41, 5.74) is 1.30. The van der Waals surface area contributed by atoms with Gasteiger partial charge < -0.3 is 10.1 Å². The lowest BCUT2D eigenvalue weighted by atomic mass is 10.2. The number of amides is 1. The number of carbonyl (C=O) groups is 1. The zero-order valence-electron chi connectivity index (χ0n) is 17.1. The highest BCUT2D eigenvalue weighted by atomic mass is 32.2. The van der Waals surface area contributed by atoms with E-state index in [0.29, 0.717) is 5.69 Å². The normalized spacial score (nSPS) is 11.5.